The predicted molar refractivity (Wildman–Crippen MR) is 80.1 cm³/mol. The van der Waals surface area contributed by atoms with Crippen LogP contribution in [-0.2, 0) is 9.53 Å². The Kier molecular flexibility index (Phi) is 5.12. The number of amides is 1. The van der Waals surface area contributed by atoms with E-state index < -0.39 is 23.7 Å². The standard InChI is InChI=1S/C16H13ClFNO3/c1-22-16(21)14(10-2-6-12(17)7-3-10)19-15(20)11-4-8-13(18)9-5-11/h2-9,14H,1H3,(H,19,20). The zero-order valence-electron chi connectivity index (χ0n) is 11.7. The van der Waals surface area contributed by atoms with Crippen molar-refractivity contribution in [2.24, 2.45) is 0 Å². The van der Waals surface area contributed by atoms with Gasteiger partial charge in [-0.25, -0.2) is 9.18 Å². The molecule has 0 heterocycles. The van der Waals surface area contributed by atoms with Gasteiger partial charge in [0.15, 0.2) is 6.04 Å². The molecule has 4 nitrogen and oxygen atoms in total. The van der Waals surface area contributed by atoms with E-state index in [0.29, 0.717) is 10.6 Å². The van der Waals surface area contributed by atoms with Crippen molar-refractivity contribution < 1.29 is 18.7 Å². The molecule has 0 aliphatic carbocycles. The number of halogens is 2. The first-order valence-corrected chi connectivity index (χ1v) is 6.79. The molecule has 6 heteroatoms. The van der Waals surface area contributed by atoms with Crippen molar-refractivity contribution >= 4 is 23.5 Å². The molecule has 0 fully saturated rings. The summed E-state index contributed by atoms with van der Waals surface area (Å²) in [4.78, 5) is 24.0. The number of carbonyl (C=O) groups excluding carboxylic acids is 2. The normalized spacial score (nSPS) is 11.6. The van der Waals surface area contributed by atoms with E-state index in [9.17, 15) is 14.0 Å². The number of hydrogen-bond acceptors (Lipinski definition) is 3. The molecule has 0 radical (unpaired) electrons. The van der Waals surface area contributed by atoms with E-state index in [4.69, 9.17) is 16.3 Å². The summed E-state index contributed by atoms with van der Waals surface area (Å²) in [6.45, 7) is 0. The molecular weight excluding hydrogens is 309 g/mol. The molecule has 2 aromatic rings. The molecule has 0 spiro atoms. The van der Waals surface area contributed by atoms with Gasteiger partial charge in [0.05, 0.1) is 7.11 Å². The highest BCUT2D eigenvalue weighted by molar-refractivity contribution is 6.30. The molecule has 1 atom stereocenters. The number of esters is 1. The fraction of sp³-hybridized carbons (Fsp3) is 0.125. The molecule has 1 amide bonds. The minimum absolute atomic E-state index is 0.240. The van der Waals surface area contributed by atoms with Gasteiger partial charge in [-0.05, 0) is 42.0 Å². The maximum Gasteiger partial charge on any atom is 0.333 e. The van der Waals surface area contributed by atoms with Crippen LogP contribution in [0.3, 0.4) is 0 Å². The van der Waals surface area contributed by atoms with Gasteiger partial charge in [0.2, 0.25) is 0 Å². The maximum atomic E-state index is 12.9. The quantitative estimate of drug-likeness (QED) is 0.880. The summed E-state index contributed by atoms with van der Waals surface area (Å²) < 4.78 is 17.6. The lowest BCUT2D eigenvalue weighted by Gasteiger charge is -2.17. The van der Waals surface area contributed by atoms with Crippen LogP contribution in [0.1, 0.15) is 22.0 Å². The highest BCUT2D eigenvalue weighted by atomic mass is 35.5. The number of ether oxygens (including phenoxy) is 1. The molecule has 0 saturated carbocycles. The Morgan fingerprint density at radius 1 is 1.09 bits per heavy atom. The minimum Gasteiger partial charge on any atom is -0.467 e. The first-order valence-electron chi connectivity index (χ1n) is 6.41. The van der Waals surface area contributed by atoms with Gasteiger partial charge in [-0.1, -0.05) is 23.7 Å². The van der Waals surface area contributed by atoms with Gasteiger partial charge in [-0.15, -0.1) is 0 Å². The van der Waals surface area contributed by atoms with Gasteiger partial charge >= 0.3 is 5.97 Å². The summed E-state index contributed by atoms with van der Waals surface area (Å²) in [6.07, 6.45) is 0. The Labute approximate surface area is 131 Å². The fourth-order valence-electron chi connectivity index (χ4n) is 1.87. The number of nitrogens with one attached hydrogen (secondary N) is 1. The van der Waals surface area contributed by atoms with Crippen LogP contribution in [0.15, 0.2) is 48.5 Å². The molecule has 114 valence electrons. The third-order valence-electron chi connectivity index (χ3n) is 3.02. The minimum atomic E-state index is -0.972. The van der Waals surface area contributed by atoms with Gasteiger partial charge in [0.1, 0.15) is 5.82 Å². The van der Waals surface area contributed by atoms with E-state index in [0.717, 1.165) is 0 Å². The molecular formula is C16H13ClFNO3. The smallest absolute Gasteiger partial charge is 0.333 e. The number of carbonyl (C=O) groups is 2. The van der Waals surface area contributed by atoms with Crippen molar-refractivity contribution in [2.45, 2.75) is 6.04 Å². The van der Waals surface area contributed by atoms with Crippen LogP contribution in [0.2, 0.25) is 5.02 Å². The zero-order chi connectivity index (χ0) is 16.1. The predicted octanol–water partition coefficient (Wildman–Crippen LogP) is 3.12. The number of rotatable bonds is 4. The van der Waals surface area contributed by atoms with Crippen molar-refractivity contribution in [3.63, 3.8) is 0 Å². The molecule has 1 N–H and O–H groups in total. The summed E-state index contributed by atoms with van der Waals surface area (Å²) >= 11 is 5.81. The number of benzene rings is 2. The Morgan fingerprint density at radius 2 is 1.68 bits per heavy atom. The highest BCUT2D eigenvalue weighted by Gasteiger charge is 2.24. The van der Waals surface area contributed by atoms with E-state index >= 15 is 0 Å². The summed E-state index contributed by atoms with van der Waals surface area (Å²) in [6, 6.07) is 10.5. The molecule has 1 unspecified atom stereocenters. The van der Waals surface area contributed by atoms with Crippen molar-refractivity contribution in [2.75, 3.05) is 7.11 Å². The van der Waals surface area contributed by atoms with Gasteiger partial charge in [0.25, 0.3) is 5.91 Å². The molecule has 0 aliphatic rings. The second kappa shape index (κ2) is 7.04. The Hall–Kier alpha value is -2.40. The second-order valence-corrected chi connectivity index (χ2v) is 4.92. The second-order valence-electron chi connectivity index (χ2n) is 4.49. The highest BCUT2D eigenvalue weighted by Crippen LogP contribution is 2.18. The maximum absolute atomic E-state index is 12.9. The van der Waals surface area contributed by atoms with Gasteiger partial charge in [-0.3, -0.25) is 4.79 Å². The summed E-state index contributed by atoms with van der Waals surface area (Å²) in [5.74, 6) is -1.57. The third kappa shape index (κ3) is 3.83. The van der Waals surface area contributed by atoms with Crippen LogP contribution >= 0.6 is 11.6 Å². The van der Waals surface area contributed by atoms with Crippen LogP contribution in [0, 0.1) is 5.82 Å². The average molecular weight is 322 g/mol. The summed E-state index contributed by atoms with van der Waals surface area (Å²) in [5, 5.41) is 3.07. The molecule has 2 rings (SSSR count). The first-order chi connectivity index (χ1) is 10.5. The van der Waals surface area contributed by atoms with Crippen molar-refractivity contribution in [1.29, 1.82) is 0 Å². The summed E-state index contributed by atoms with van der Waals surface area (Å²) in [7, 11) is 1.23. The number of hydrogen-bond donors (Lipinski definition) is 1. The van der Waals surface area contributed by atoms with Crippen LogP contribution in [-0.4, -0.2) is 19.0 Å². The Morgan fingerprint density at radius 3 is 2.23 bits per heavy atom. The van der Waals surface area contributed by atoms with Crippen LogP contribution in [0.5, 0.6) is 0 Å². The Bertz CT molecular complexity index is 671. The largest absolute Gasteiger partial charge is 0.467 e. The molecule has 0 saturated heterocycles. The Balaban J connectivity index is 2.23. The summed E-state index contributed by atoms with van der Waals surface area (Å²) in [5.41, 5.74) is 0.774. The lowest BCUT2D eigenvalue weighted by Crippen LogP contribution is -2.34. The van der Waals surface area contributed by atoms with Crippen molar-refractivity contribution in [1.82, 2.24) is 5.32 Å². The fourth-order valence-corrected chi connectivity index (χ4v) is 1.99. The van der Waals surface area contributed by atoms with Crippen molar-refractivity contribution in [3.8, 4) is 0 Å². The number of methoxy groups -OCH3 is 1. The lowest BCUT2D eigenvalue weighted by atomic mass is 10.1. The van der Waals surface area contributed by atoms with Crippen LogP contribution < -0.4 is 5.32 Å². The first kappa shape index (κ1) is 16.0. The van der Waals surface area contributed by atoms with Gasteiger partial charge in [0, 0.05) is 10.6 Å². The monoisotopic (exact) mass is 321 g/mol. The van der Waals surface area contributed by atoms with E-state index in [1.54, 1.807) is 24.3 Å². The topological polar surface area (TPSA) is 55.4 Å². The van der Waals surface area contributed by atoms with E-state index in [1.165, 1.54) is 31.4 Å². The van der Waals surface area contributed by atoms with Gasteiger partial charge < -0.3 is 10.1 Å². The van der Waals surface area contributed by atoms with E-state index in [-0.39, 0.29) is 5.56 Å². The average Bonchev–Trinajstić information content (AvgIpc) is 2.53. The molecule has 22 heavy (non-hydrogen) atoms. The molecule has 0 aliphatic heterocycles. The van der Waals surface area contributed by atoms with E-state index in [2.05, 4.69) is 5.32 Å². The molecule has 0 aromatic heterocycles. The van der Waals surface area contributed by atoms with E-state index in [1.807, 2.05) is 0 Å². The molecule has 0 bridgehead atoms. The van der Waals surface area contributed by atoms with Crippen LogP contribution in [0.4, 0.5) is 4.39 Å². The SMILES string of the molecule is COC(=O)C(NC(=O)c1ccc(F)cc1)c1ccc(Cl)cc1. The zero-order valence-corrected chi connectivity index (χ0v) is 12.4. The van der Waals surface area contributed by atoms with Gasteiger partial charge in [-0.2, -0.15) is 0 Å². The van der Waals surface area contributed by atoms with Crippen molar-refractivity contribution in [3.05, 3.63) is 70.5 Å². The van der Waals surface area contributed by atoms with Crippen LogP contribution in [0.25, 0.3) is 0 Å². The lowest BCUT2D eigenvalue weighted by molar-refractivity contribution is -0.143. The third-order valence-corrected chi connectivity index (χ3v) is 3.27. The molecule has 2 aromatic carbocycles.